The molecule has 3 rings (SSSR count). The molecule has 3 amide bonds. The Labute approximate surface area is 199 Å². The standard InChI is InChI=1S/C24H31ClN4O4/c1-5-24(3,4)27-23(32)22(17-8-6-7-9-18(17)25)29(16-10-11-16)21(31)13-12-20(30)26-19-14-15(2)33-28-19/h6-9,14,16,22H,5,10-13H2,1-4H3,(H,27,32)(H,26,28,30)/t22-/m0/s1. The van der Waals surface area contributed by atoms with E-state index < -0.39 is 11.6 Å². The third-order valence-corrected chi connectivity index (χ3v) is 6.11. The summed E-state index contributed by atoms with van der Waals surface area (Å²) in [4.78, 5) is 40.7. The van der Waals surface area contributed by atoms with Gasteiger partial charge >= 0.3 is 0 Å². The Kier molecular flexibility index (Phi) is 7.79. The highest BCUT2D eigenvalue weighted by atomic mass is 35.5. The molecule has 1 aromatic carbocycles. The number of anilines is 1. The average molecular weight is 475 g/mol. The molecule has 1 aliphatic rings. The number of carbonyl (C=O) groups is 3. The molecule has 1 aliphatic carbocycles. The van der Waals surface area contributed by atoms with Crippen LogP contribution in [0, 0.1) is 6.92 Å². The third-order valence-electron chi connectivity index (χ3n) is 5.76. The van der Waals surface area contributed by atoms with Gasteiger partial charge in [0.15, 0.2) is 5.82 Å². The summed E-state index contributed by atoms with van der Waals surface area (Å²) in [5.74, 6) is -0.0154. The van der Waals surface area contributed by atoms with Crippen molar-refractivity contribution < 1.29 is 18.9 Å². The lowest BCUT2D eigenvalue weighted by Crippen LogP contribution is -2.51. The molecule has 9 heteroatoms. The third kappa shape index (κ3) is 6.57. The summed E-state index contributed by atoms with van der Waals surface area (Å²) in [5.41, 5.74) is 0.135. The highest BCUT2D eigenvalue weighted by Crippen LogP contribution is 2.38. The van der Waals surface area contributed by atoms with Crippen LogP contribution in [0.15, 0.2) is 34.9 Å². The fourth-order valence-corrected chi connectivity index (χ4v) is 3.73. The fraction of sp³-hybridized carbons (Fsp3) is 0.500. The second kappa shape index (κ2) is 10.4. The van der Waals surface area contributed by atoms with Crippen molar-refractivity contribution in [2.45, 2.75) is 77.4 Å². The number of nitrogens with one attached hydrogen (secondary N) is 2. The van der Waals surface area contributed by atoms with Crippen LogP contribution in [0.1, 0.15) is 70.2 Å². The Balaban J connectivity index is 1.80. The van der Waals surface area contributed by atoms with Crippen molar-refractivity contribution in [3.05, 3.63) is 46.7 Å². The Morgan fingerprint density at radius 3 is 2.52 bits per heavy atom. The van der Waals surface area contributed by atoms with E-state index in [0.29, 0.717) is 22.2 Å². The van der Waals surface area contributed by atoms with Crippen LogP contribution in [0.5, 0.6) is 0 Å². The summed E-state index contributed by atoms with van der Waals surface area (Å²) in [6, 6.07) is 7.74. The van der Waals surface area contributed by atoms with Crippen molar-refractivity contribution in [1.29, 1.82) is 0 Å². The van der Waals surface area contributed by atoms with Crippen LogP contribution >= 0.6 is 11.6 Å². The molecule has 1 heterocycles. The molecule has 2 N–H and O–H groups in total. The molecule has 178 valence electrons. The SMILES string of the molecule is CCC(C)(C)NC(=O)[C@H](c1ccccc1Cl)N(C(=O)CCC(=O)Nc1cc(C)on1)C1CC1. The zero-order valence-electron chi connectivity index (χ0n) is 19.5. The first-order valence-electron chi connectivity index (χ1n) is 11.2. The van der Waals surface area contributed by atoms with E-state index in [4.69, 9.17) is 16.1 Å². The van der Waals surface area contributed by atoms with Gasteiger partial charge in [-0.2, -0.15) is 0 Å². The summed E-state index contributed by atoms with van der Waals surface area (Å²) >= 11 is 6.46. The predicted molar refractivity (Wildman–Crippen MR) is 126 cm³/mol. The van der Waals surface area contributed by atoms with E-state index >= 15 is 0 Å². The molecule has 0 aliphatic heterocycles. The first-order chi connectivity index (χ1) is 15.6. The van der Waals surface area contributed by atoms with Gasteiger partial charge in [-0.15, -0.1) is 0 Å². The number of aryl methyl sites for hydroxylation is 1. The zero-order valence-corrected chi connectivity index (χ0v) is 20.2. The second-order valence-electron chi connectivity index (χ2n) is 9.05. The van der Waals surface area contributed by atoms with Crippen molar-refractivity contribution >= 4 is 35.1 Å². The normalized spacial score (nSPS) is 14.5. The number of amides is 3. The van der Waals surface area contributed by atoms with Gasteiger partial charge in [0.2, 0.25) is 17.7 Å². The molecule has 0 spiro atoms. The molecule has 33 heavy (non-hydrogen) atoms. The first kappa shape index (κ1) is 24.8. The molecular formula is C24H31ClN4O4. The van der Waals surface area contributed by atoms with Gasteiger partial charge in [0, 0.05) is 41.1 Å². The van der Waals surface area contributed by atoms with E-state index in [9.17, 15) is 14.4 Å². The number of aromatic nitrogens is 1. The maximum absolute atomic E-state index is 13.5. The Morgan fingerprint density at radius 1 is 1.24 bits per heavy atom. The van der Waals surface area contributed by atoms with E-state index in [1.807, 2.05) is 20.8 Å². The van der Waals surface area contributed by atoms with Crippen LogP contribution in [0.25, 0.3) is 0 Å². The largest absolute Gasteiger partial charge is 0.360 e. The van der Waals surface area contributed by atoms with E-state index in [2.05, 4.69) is 15.8 Å². The number of nitrogens with zero attached hydrogens (tertiary/aromatic N) is 2. The number of benzene rings is 1. The highest BCUT2D eigenvalue weighted by Gasteiger charge is 2.42. The maximum atomic E-state index is 13.5. The van der Waals surface area contributed by atoms with Gasteiger partial charge in [0.05, 0.1) is 0 Å². The van der Waals surface area contributed by atoms with Gasteiger partial charge in [0.25, 0.3) is 0 Å². The summed E-state index contributed by atoms with van der Waals surface area (Å²) in [5, 5.41) is 9.83. The Hall–Kier alpha value is -2.87. The molecule has 0 radical (unpaired) electrons. The lowest BCUT2D eigenvalue weighted by atomic mass is 9.98. The van der Waals surface area contributed by atoms with E-state index in [1.54, 1.807) is 42.2 Å². The van der Waals surface area contributed by atoms with Crippen molar-refractivity contribution in [1.82, 2.24) is 15.4 Å². The van der Waals surface area contributed by atoms with Crippen molar-refractivity contribution in [2.75, 3.05) is 5.32 Å². The molecule has 1 atom stereocenters. The van der Waals surface area contributed by atoms with Crippen LogP contribution in [-0.2, 0) is 14.4 Å². The topological polar surface area (TPSA) is 105 Å². The number of hydrogen-bond donors (Lipinski definition) is 2. The molecule has 8 nitrogen and oxygen atoms in total. The van der Waals surface area contributed by atoms with E-state index in [0.717, 1.165) is 19.3 Å². The zero-order chi connectivity index (χ0) is 24.2. The Morgan fingerprint density at radius 2 is 1.94 bits per heavy atom. The summed E-state index contributed by atoms with van der Waals surface area (Å²) in [7, 11) is 0. The van der Waals surface area contributed by atoms with Crippen LogP contribution in [0.2, 0.25) is 5.02 Å². The van der Waals surface area contributed by atoms with Crippen LogP contribution in [-0.4, -0.2) is 39.4 Å². The Bertz CT molecular complexity index is 1020. The predicted octanol–water partition coefficient (Wildman–Crippen LogP) is 4.39. The van der Waals surface area contributed by atoms with Gasteiger partial charge < -0.3 is 20.1 Å². The van der Waals surface area contributed by atoms with Gasteiger partial charge in [-0.3, -0.25) is 14.4 Å². The van der Waals surface area contributed by atoms with E-state index in [-0.39, 0.29) is 36.6 Å². The minimum Gasteiger partial charge on any atom is -0.360 e. The highest BCUT2D eigenvalue weighted by molar-refractivity contribution is 6.31. The molecule has 1 saturated carbocycles. The molecule has 0 bridgehead atoms. The van der Waals surface area contributed by atoms with Gasteiger partial charge in [0.1, 0.15) is 11.8 Å². The first-order valence-corrected chi connectivity index (χ1v) is 11.6. The van der Waals surface area contributed by atoms with Gasteiger partial charge in [-0.1, -0.05) is 41.9 Å². The molecule has 2 aromatic rings. The summed E-state index contributed by atoms with van der Waals surface area (Å²) in [6.45, 7) is 7.59. The summed E-state index contributed by atoms with van der Waals surface area (Å²) in [6.07, 6.45) is 2.27. The number of rotatable bonds is 10. The average Bonchev–Trinajstić information content (AvgIpc) is 3.51. The quantitative estimate of drug-likeness (QED) is 0.531. The number of hydrogen-bond acceptors (Lipinski definition) is 5. The molecule has 1 fully saturated rings. The van der Waals surface area contributed by atoms with Crippen LogP contribution in [0.3, 0.4) is 0 Å². The van der Waals surface area contributed by atoms with Gasteiger partial charge in [-0.25, -0.2) is 0 Å². The second-order valence-corrected chi connectivity index (χ2v) is 9.46. The fourth-order valence-electron chi connectivity index (χ4n) is 3.50. The maximum Gasteiger partial charge on any atom is 0.247 e. The lowest BCUT2D eigenvalue weighted by molar-refractivity contribution is -0.142. The summed E-state index contributed by atoms with van der Waals surface area (Å²) < 4.78 is 4.94. The molecule has 0 saturated heterocycles. The molecular weight excluding hydrogens is 444 g/mol. The van der Waals surface area contributed by atoms with Crippen LogP contribution < -0.4 is 10.6 Å². The minimum atomic E-state index is -0.870. The van der Waals surface area contributed by atoms with E-state index in [1.165, 1.54) is 0 Å². The van der Waals surface area contributed by atoms with Crippen LogP contribution in [0.4, 0.5) is 5.82 Å². The minimum absolute atomic E-state index is 0.0364. The monoisotopic (exact) mass is 474 g/mol. The van der Waals surface area contributed by atoms with Crippen molar-refractivity contribution in [3.8, 4) is 0 Å². The van der Waals surface area contributed by atoms with Gasteiger partial charge in [-0.05, 0) is 46.1 Å². The molecule has 1 aromatic heterocycles. The number of carbonyl (C=O) groups excluding carboxylic acids is 3. The smallest absolute Gasteiger partial charge is 0.247 e. The molecule has 0 unspecified atom stereocenters. The van der Waals surface area contributed by atoms with Crippen molar-refractivity contribution in [2.24, 2.45) is 0 Å². The lowest BCUT2D eigenvalue weighted by Gasteiger charge is -2.35. The number of halogens is 1. The van der Waals surface area contributed by atoms with Crippen molar-refractivity contribution in [3.63, 3.8) is 0 Å².